The standard InChI is InChI=1S/C25H27FN4O4/c26-20-12-16(14-29-8-10-34-11-9-29)4-5-17(20)13-27-21-3-1-2-18-19(21)15-30(25(18)33)22-6-7-23(31)28-24(22)32/h1-5,12,22,27H,6-11,13-15H2,(H,28,31,32)/t22-/m0/s1/i4D,5D,12D. The highest BCUT2D eigenvalue weighted by atomic mass is 19.1. The number of hydrogen-bond donors (Lipinski definition) is 2. The molecule has 34 heavy (non-hydrogen) atoms. The van der Waals surface area contributed by atoms with Crippen molar-refractivity contribution in [3.8, 4) is 0 Å². The number of nitrogens with one attached hydrogen (secondary N) is 2. The van der Waals surface area contributed by atoms with Gasteiger partial charge in [0.05, 0.1) is 17.3 Å². The minimum Gasteiger partial charge on any atom is -0.381 e. The van der Waals surface area contributed by atoms with Crippen molar-refractivity contribution in [1.82, 2.24) is 15.1 Å². The molecular formula is C25H27FN4O4. The number of piperidine rings is 1. The predicted molar refractivity (Wildman–Crippen MR) is 122 cm³/mol. The molecule has 0 aliphatic carbocycles. The van der Waals surface area contributed by atoms with Gasteiger partial charge in [-0.2, -0.15) is 0 Å². The average Bonchev–Trinajstić information content (AvgIpc) is 3.23. The molecule has 9 heteroatoms. The van der Waals surface area contributed by atoms with Crippen LogP contribution in [0, 0.1) is 5.82 Å². The third-order valence-corrected chi connectivity index (χ3v) is 6.41. The van der Waals surface area contributed by atoms with Gasteiger partial charge in [0.15, 0.2) is 0 Å². The molecule has 178 valence electrons. The van der Waals surface area contributed by atoms with Gasteiger partial charge in [-0.25, -0.2) is 4.39 Å². The molecule has 3 heterocycles. The Morgan fingerprint density at radius 1 is 1.21 bits per heavy atom. The summed E-state index contributed by atoms with van der Waals surface area (Å²) in [6, 6.07) is 3.44. The van der Waals surface area contributed by atoms with E-state index in [1.165, 1.54) is 4.90 Å². The first-order chi connectivity index (χ1) is 17.8. The number of benzene rings is 2. The van der Waals surface area contributed by atoms with Crippen molar-refractivity contribution >= 4 is 23.4 Å². The lowest BCUT2D eigenvalue weighted by molar-refractivity contribution is -0.136. The predicted octanol–water partition coefficient (Wildman–Crippen LogP) is 2.03. The van der Waals surface area contributed by atoms with Crippen molar-refractivity contribution in [2.75, 3.05) is 31.6 Å². The Bertz CT molecular complexity index is 1260. The zero-order valence-electron chi connectivity index (χ0n) is 21.6. The van der Waals surface area contributed by atoms with E-state index >= 15 is 4.39 Å². The number of morpholine rings is 1. The van der Waals surface area contributed by atoms with Gasteiger partial charge in [-0.15, -0.1) is 0 Å². The second-order valence-electron chi connectivity index (χ2n) is 8.62. The number of carbonyl (C=O) groups is 3. The van der Waals surface area contributed by atoms with Crippen LogP contribution in [0.3, 0.4) is 0 Å². The van der Waals surface area contributed by atoms with Crippen molar-refractivity contribution in [3.05, 3.63) is 64.4 Å². The normalized spacial score (nSPS) is 22.1. The SMILES string of the molecule is [2H]c1c([2H])c(CNc2cccc3c2CN([C@H]2CCC(=O)NC2=O)C3=O)c(F)c([2H])c1CN1CCOCC1. The van der Waals surface area contributed by atoms with Gasteiger partial charge in [-0.05, 0) is 30.2 Å². The van der Waals surface area contributed by atoms with Crippen LogP contribution in [0.25, 0.3) is 0 Å². The van der Waals surface area contributed by atoms with Crippen LogP contribution in [0.1, 0.15) is 44.0 Å². The summed E-state index contributed by atoms with van der Waals surface area (Å²) in [6.07, 6.45) is 0.398. The number of rotatable bonds is 6. The quantitative estimate of drug-likeness (QED) is 0.630. The van der Waals surface area contributed by atoms with Crippen LogP contribution in [0.5, 0.6) is 0 Å². The Labute approximate surface area is 201 Å². The topological polar surface area (TPSA) is 91.0 Å². The van der Waals surface area contributed by atoms with Gasteiger partial charge in [0.1, 0.15) is 11.9 Å². The number of anilines is 1. The van der Waals surface area contributed by atoms with Gasteiger partial charge in [0.2, 0.25) is 11.8 Å². The zero-order chi connectivity index (χ0) is 26.3. The summed E-state index contributed by atoms with van der Waals surface area (Å²) in [4.78, 5) is 40.3. The van der Waals surface area contributed by atoms with E-state index in [0.29, 0.717) is 43.1 Å². The molecular weight excluding hydrogens is 439 g/mol. The molecule has 0 spiro atoms. The highest BCUT2D eigenvalue weighted by Crippen LogP contribution is 2.32. The van der Waals surface area contributed by atoms with E-state index in [9.17, 15) is 14.4 Å². The largest absolute Gasteiger partial charge is 0.381 e. The minimum atomic E-state index is -0.842. The zero-order valence-corrected chi connectivity index (χ0v) is 18.6. The molecule has 2 aromatic carbocycles. The number of nitrogens with zero attached hydrogens (tertiary/aromatic N) is 2. The average molecular weight is 470 g/mol. The number of hydrogen-bond acceptors (Lipinski definition) is 6. The van der Waals surface area contributed by atoms with E-state index in [-0.39, 0.29) is 73.5 Å². The van der Waals surface area contributed by atoms with Gasteiger partial charge < -0.3 is 15.0 Å². The highest BCUT2D eigenvalue weighted by Gasteiger charge is 2.39. The van der Waals surface area contributed by atoms with E-state index in [1.54, 1.807) is 18.2 Å². The van der Waals surface area contributed by atoms with Gasteiger partial charge in [-0.3, -0.25) is 24.6 Å². The van der Waals surface area contributed by atoms with Crippen molar-refractivity contribution in [2.24, 2.45) is 0 Å². The maximum atomic E-state index is 15.3. The fourth-order valence-electron chi connectivity index (χ4n) is 4.56. The summed E-state index contributed by atoms with van der Waals surface area (Å²) in [5, 5.41) is 5.35. The highest BCUT2D eigenvalue weighted by molar-refractivity contribution is 6.06. The van der Waals surface area contributed by atoms with E-state index in [0.717, 1.165) is 0 Å². The van der Waals surface area contributed by atoms with E-state index < -0.39 is 17.8 Å². The molecule has 8 nitrogen and oxygen atoms in total. The van der Waals surface area contributed by atoms with Crippen molar-refractivity contribution in [2.45, 2.75) is 38.5 Å². The van der Waals surface area contributed by atoms with Crippen LogP contribution in [-0.4, -0.2) is 59.9 Å². The molecule has 0 bridgehead atoms. The number of imide groups is 1. The Kier molecular flexibility index (Phi) is 5.33. The first kappa shape index (κ1) is 19.1. The van der Waals surface area contributed by atoms with E-state index in [1.807, 2.05) is 4.90 Å². The Morgan fingerprint density at radius 3 is 2.82 bits per heavy atom. The summed E-state index contributed by atoms with van der Waals surface area (Å²) in [7, 11) is 0. The second kappa shape index (κ2) is 9.52. The Hall–Kier alpha value is -3.30. The number of ether oxygens (including phenoxy) is 1. The maximum absolute atomic E-state index is 15.3. The lowest BCUT2D eigenvalue weighted by Crippen LogP contribution is -2.52. The molecule has 1 atom stereocenters. The van der Waals surface area contributed by atoms with E-state index in [2.05, 4.69) is 10.6 Å². The third kappa shape index (κ3) is 4.53. The number of fused-ring (bicyclic) bond motifs is 1. The molecule has 2 fully saturated rings. The van der Waals surface area contributed by atoms with Crippen LogP contribution in [-0.2, 0) is 34.0 Å². The van der Waals surface area contributed by atoms with Crippen molar-refractivity contribution in [1.29, 1.82) is 0 Å². The van der Waals surface area contributed by atoms with Crippen LogP contribution in [0.2, 0.25) is 0 Å². The van der Waals surface area contributed by atoms with Crippen LogP contribution < -0.4 is 10.6 Å². The number of carbonyl (C=O) groups excluding carboxylic acids is 3. The number of halogens is 1. The molecule has 3 amide bonds. The van der Waals surface area contributed by atoms with Crippen LogP contribution in [0.15, 0.2) is 36.3 Å². The Balaban J connectivity index is 1.35. The lowest BCUT2D eigenvalue weighted by Gasteiger charge is -2.29. The molecule has 3 aliphatic rings. The molecule has 0 unspecified atom stereocenters. The summed E-state index contributed by atoms with van der Waals surface area (Å²) in [6.45, 7) is 2.50. The monoisotopic (exact) mass is 469 g/mol. The molecule has 2 N–H and O–H groups in total. The molecule has 2 aromatic rings. The summed E-state index contributed by atoms with van der Waals surface area (Å²) >= 11 is 0. The van der Waals surface area contributed by atoms with Gasteiger partial charge in [-0.1, -0.05) is 18.2 Å². The van der Waals surface area contributed by atoms with Gasteiger partial charge in [0.25, 0.3) is 5.91 Å². The molecule has 5 rings (SSSR count). The Morgan fingerprint density at radius 2 is 2.03 bits per heavy atom. The fourth-order valence-corrected chi connectivity index (χ4v) is 4.56. The summed E-state index contributed by atoms with van der Waals surface area (Å²) < 4.78 is 45.7. The van der Waals surface area contributed by atoms with E-state index in [4.69, 9.17) is 8.85 Å². The van der Waals surface area contributed by atoms with Crippen molar-refractivity contribution < 1.29 is 27.6 Å². The summed E-state index contributed by atoms with van der Waals surface area (Å²) in [5.41, 5.74) is 1.66. The lowest BCUT2D eigenvalue weighted by atomic mass is 10.0. The number of amides is 3. The van der Waals surface area contributed by atoms with Gasteiger partial charge in [0, 0.05) is 61.5 Å². The first-order valence-corrected chi connectivity index (χ1v) is 11.3. The molecule has 0 radical (unpaired) electrons. The fraction of sp³-hybridized carbons (Fsp3) is 0.400. The second-order valence-corrected chi connectivity index (χ2v) is 8.62. The molecule has 3 aliphatic heterocycles. The van der Waals surface area contributed by atoms with Crippen LogP contribution in [0.4, 0.5) is 10.1 Å². The molecule has 2 saturated heterocycles. The molecule has 0 saturated carbocycles. The van der Waals surface area contributed by atoms with Crippen LogP contribution >= 0.6 is 0 Å². The summed E-state index contributed by atoms with van der Waals surface area (Å²) in [5.74, 6) is -2.03. The minimum absolute atomic E-state index is 0.0929. The maximum Gasteiger partial charge on any atom is 0.255 e. The van der Waals surface area contributed by atoms with Crippen molar-refractivity contribution in [3.63, 3.8) is 0 Å². The first-order valence-electron chi connectivity index (χ1n) is 12.8. The third-order valence-electron chi connectivity index (χ3n) is 6.41. The molecule has 0 aromatic heterocycles. The smallest absolute Gasteiger partial charge is 0.255 e. The van der Waals surface area contributed by atoms with Gasteiger partial charge >= 0.3 is 0 Å².